The first-order chi connectivity index (χ1) is 16.9. The summed E-state index contributed by atoms with van der Waals surface area (Å²) in [5, 5.41) is 3.20. The molecule has 8 nitrogen and oxygen atoms in total. The van der Waals surface area contributed by atoms with Crippen LogP contribution in [-0.2, 0) is 14.8 Å². The zero-order valence-electron chi connectivity index (χ0n) is 20.0. The fraction of sp³-hybridized carbons (Fsp3) is 0.462. The van der Waals surface area contributed by atoms with Crippen molar-refractivity contribution in [3.8, 4) is 5.75 Å². The standard InChI is InChI=1S/C26H33N3O5S/c1-34-23-8-5-9-24(18-23)35(32,33)28-22-12-10-20(11-13-22)26(31)29-16-14-19(15-17-29)25(30)27-21-6-3-2-4-7-21/h5,8-13,18-19,21,28H,2-4,6-7,14-17H2,1H3,(H,27,30). The number of rotatable bonds is 7. The van der Waals surface area contributed by atoms with Gasteiger partial charge >= 0.3 is 0 Å². The Kier molecular flexibility index (Phi) is 7.95. The Morgan fingerprint density at radius 2 is 1.63 bits per heavy atom. The van der Waals surface area contributed by atoms with Crippen LogP contribution >= 0.6 is 0 Å². The van der Waals surface area contributed by atoms with Crippen LogP contribution < -0.4 is 14.8 Å². The Morgan fingerprint density at radius 3 is 2.29 bits per heavy atom. The van der Waals surface area contributed by atoms with Crippen molar-refractivity contribution < 1.29 is 22.7 Å². The minimum Gasteiger partial charge on any atom is -0.497 e. The van der Waals surface area contributed by atoms with E-state index in [1.807, 2.05) is 0 Å². The SMILES string of the molecule is COc1cccc(S(=O)(=O)Nc2ccc(C(=O)N3CCC(C(=O)NC4CCCCC4)CC3)cc2)c1. The van der Waals surface area contributed by atoms with Gasteiger partial charge in [-0.3, -0.25) is 14.3 Å². The van der Waals surface area contributed by atoms with Gasteiger partial charge in [0.15, 0.2) is 0 Å². The number of amides is 2. The number of hydrogen-bond donors (Lipinski definition) is 2. The zero-order chi connectivity index (χ0) is 24.8. The topological polar surface area (TPSA) is 105 Å². The molecule has 4 rings (SSSR count). The minimum atomic E-state index is -3.79. The molecule has 35 heavy (non-hydrogen) atoms. The van der Waals surface area contributed by atoms with Gasteiger partial charge < -0.3 is 15.0 Å². The lowest BCUT2D eigenvalue weighted by Crippen LogP contribution is -2.45. The third-order valence-electron chi connectivity index (χ3n) is 6.84. The Balaban J connectivity index is 1.31. The summed E-state index contributed by atoms with van der Waals surface area (Å²) in [6, 6.07) is 12.9. The number of methoxy groups -OCH3 is 1. The number of nitrogens with zero attached hydrogens (tertiary/aromatic N) is 1. The molecular weight excluding hydrogens is 466 g/mol. The molecule has 1 saturated heterocycles. The van der Waals surface area contributed by atoms with Gasteiger partial charge in [0.05, 0.1) is 12.0 Å². The van der Waals surface area contributed by atoms with Gasteiger partial charge in [-0.15, -0.1) is 0 Å². The fourth-order valence-electron chi connectivity index (χ4n) is 4.76. The lowest BCUT2D eigenvalue weighted by molar-refractivity contribution is -0.127. The number of carbonyl (C=O) groups excluding carboxylic acids is 2. The van der Waals surface area contributed by atoms with Gasteiger partial charge in [0.25, 0.3) is 15.9 Å². The van der Waals surface area contributed by atoms with Gasteiger partial charge in [0.1, 0.15) is 5.75 Å². The number of nitrogens with one attached hydrogen (secondary N) is 2. The number of sulfonamides is 1. The predicted octanol–water partition coefficient (Wildman–Crippen LogP) is 3.80. The maximum Gasteiger partial charge on any atom is 0.262 e. The maximum absolute atomic E-state index is 13.0. The predicted molar refractivity (Wildman–Crippen MR) is 134 cm³/mol. The third kappa shape index (κ3) is 6.33. The molecule has 0 radical (unpaired) electrons. The summed E-state index contributed by atoms with van der Waals surface area (Å²) in [7, 11) is -2.31. The summed E-state index contributed by atoms with van der Waals surface area (Å²) in [4.78, 5) is 27.4. The van der Waals surface area contributed by atoms with Gasteiger partial charge in [-0.25, -0.2) is 8.42 Å². The van der Waals surface area contributed by atoms with Crippen molar-refractivity contribution in [1.29, 1.82) is 0 Å². The number of anilines is 1. The molecule has 2 N–H and O–H groups in total. The van der Waals surface area contributed by atoms with Crippen molar-refractivity contribution in [2.75, 3.05) is 24.9 Å². The quantitative estimate of drug-likeness (QED) is 0.603. The molecule has 2 aromatic rings. The Labute approximate surface area is 207 Å². The highest BCUT2D eigenvalue weighted by molar-refractivity contribution is 7.92. The average Bonchev–Trinajstić information content (AvgIpc) is 2.89. The van der Waals surface area contributed by atoms with E-state index in [1.54, 1.807) is 41.3 Å². The van der Waals surface area contributed by atoms with Crippen LogP contribution in [0.2, 0.25) is 0 Å². The molecule has 1 aliphatic carbocycles. The van der Waals surface area contributed by atoms with Crippen molar-refractivity contribution in [3.63, 3.8) is 0 Å². The van der Waals surface area contributed by atoms with E-state index in [-0.39, 0.29) is 22.6 Å². The molecule has 0 spiro atoms. The number of hydrogen-bond acceptors (Lipinski definition) is 5. The molecule has 1 aliphatic heterocycles. The number of likely N-dealkylation sites (tertiary alicyclic amines) is 1. The first-order valence-corrected chi connectivity index (χ1v) is 13.7. The number of piperidine rings is 1. The third-order valence-corrected chi connectivity index (χ3v) is 8.22. The van der Waals surface area contributed by atoms with Crippen LogP contribution in [-0.4, -0.2) is 51.4 Å². The molecule has 2 aliphatic rings. The highest BCUT2D eigenvalue weighted by Gasteiger charge is 2.29. The molecule has 1 heterocycles. The average molecular weight is 500 g/mol. The van der Waals surface area contributed by atoms with Gasteiger partial charge in [-0.1, -0.05) is 25.3 Å². The summed E-state index contributed by atoms with van der Waals surface area (Å²) < 4.78 is 33.0. The van der Waals surface area contributed by atoms with E-state index in [2.05, 4.69) is 10.0 Å². The van der Waals surface area contributed by atoms with Crippen LogP contribution in [0.4, 0.5) is 5.69 Å². The monoisotopic (exact) mass is 499 g/mol. The van der Waals surface area contributed by atoms with Gasteiger partial charge in [-0.2, -0.15) is 0 Å². The van der Waals surface area contributed by atoms with Crippen molar-refractivity contribution in [3.05, 3.63) is 54.1 Å². The first-order valence-electron chi connectivity index (χ1n) is 12.2. The summed E-state index contributed by atoms with van der Waals surface area (Å²) in [5.41, 5.74) is 0.849. The zero-order valence-corrected chi connectivity index (χ0v) is 20.9. The van der Waals surface area contributed by atoms with E-state index in [0.29, 0.717) is 49.0 Å². The van der Waals surface area contributed by atoms with Crippen molar-refractivity contribution in [2.45, 2.75) is 55.9 Å². The van der Waals surface area contributed by atoms with E-state index in [0.717, 1.165) is 12.8 Å². The van der Waals surface area contributed by atoms with Crippen molar-refractivity contribution >= 4 is 27.5 Å². The largest absolute Gasteiger partial charge is 0.497 e. The maximum atomic E-state index is 13.0. The second-order valence-electron chi connectivity index (χ2n) is 9.27. The van der Waals surface area contributed by atoms with E-state index in [9.17, 15) is 18.0 Å². The number of benzene rings is 2. The Morgan fingerprint density at radius 1 is 0.943 bits per heavy atom. The Bertz CT molecular complexity index is 1140. The summed E-state index contributed by atoms with van der Waals surface area (Å²) in [6.45, 7) is 1.07. The minimum absolute atomic E-state index is 0.0469. The number of ether oxygens (including phenoxy) is 1. The van der Waals surface area contributed by atoms with Crippen molar-refractivity contribution in [2.24, 2.45) is 5.92 Å². The molecule has 9 heteroatoms. The molecule has 188 valence electrons. The van der Waals surface area contributed by atoms with Crippen LogP contribution in [0.5, 0.6) is 5.75 Å². The van der Waals surface area contributed by atoms with Gasteiger partial charge in [0.2, 0.25) is 5.91 Å². The lowest BCUT2D eigenvalue weighted by atomic mass is 9.92. The van der Waals surface area contributed by atoms with Crippen LogP contribution in [0.3, 0.4) is 0 Å². The molecule has 0 atom stereocenters. The van der Waals surface area contributed by atoms with Crippen LogP contribution in [0.15, 0.2) is 53.4 Å². The highest BCUT2D eigenvalue weighted by atomic mass is 32.2. The molecular formula is C26H33N3O5S. The van der Waals surface area contributed by atoms with Crippen LogP contribution in [0, 0.1) is 5.92 Å². The van der Waals surface area contributed by atoms with Crippen LogP contribution in [0.25, 0.3) is 0 Å². The molecule has 2 aromatic carbocycles. The van der Waals surface area contributed by atoms with Crippen LogP contribution in [0.1, 0.15) is 55.3 Å². The summed E-state index contributed by atoms with van der Waals surface area (Å²) >= 11 is 0. The molecule has 1 saturated carbocycles. The normalized spacial score (nSPS) is 17.6. The summed E-state index contributed by atoms with van der Waals surface area (Å²) in [5.74, 6) is 0.411. The molecule has 2 fully saturated rings. The molecule has 0 unspecified atom stereocenters. The van der Waals surface area contributed by atoms with E-state index in [4.69, 9.17) is 4.74 Å². The van der Waals surface area contributed by atoms with Gasteiger partial charge in [-0.05, 0) is 62.1 Å². The first kappa shape index (κ1) is 25.0. The van der Waals surface area contributed by atoms with E-state index < -0.39 is 10.0 Å². The highest BCUT2D eigenvalue weighted by Crippen LogP contribution is 2.24. The molecule has 0 aromatic heterocycles. The van der Waals surface area contributed by atoms with E-state index in [1.165, 1.54) is 38.5 Å². The lowest BCUT2D eigenvalue weighted by Gasteiger charge is -2.33. The second-order valence-corrected chi connectivity index (χ2v) is 11.0. The number of carbonyl (C=O) groups is 2. The van der Waals surface area contributed by atoms with E-state index >= 15 is 0 Å². The van der Waals surface area contributed by atoms with Crippen molar-refractivity contribution in [1.82, 2.24) is 10.2 Å². The second kappa shape index (κ2) is 11.1. The Hall–Kier alpha value is -3.07. The van der Waals surface area contributed by atoms with Gasteiger partial charge in [0, 0.05) is 42.4 Å². The smallest absolute Gasteiger partial charge is 0.262 e. The molecule has 2 amide bonds. The fourth-order valence-corrected chi connectivity index (χ4v) is 5.85. The summed E-state index contributed by atoms with van der Waals surface area (Å²) in [6.07, 6.45) is 7.05. The molecule has 0 bridgehead atoms.